The first kappa shape index (κ1) is 29.4. The summed E-state index contributed by atoms with van der Waals surface area (Å²) in [4.78, 5) is 36.1. The van der Waals surface area contributed by atoms with Gasteiger partial charge < -0.3 is 29.2 Å². The number of hydrogen-bond donors (Lipinski definition) is 2. The number of aromatic nitrogens is 2. The van der Waals surface area contributed by atoms with E-state index >= 15 is 4.39 Å². The number of halogens is 2. The van der Waals surface area contributed by atoms with Crippen LogP contribution in [0.3, 0.4) is 0 Å². The van der Waals surface area contributed by atoms with E-state index in [1.165, 1.54) is 42.7 Å². The lowest BCUT2D eigenvalue weighted by atomic mass is 9.97. The molecule has 0 radical (unpaired) electrons. The fourth-order valence-electron chi connectivity index (χ4n) is 5.16. The Bertz CT molecular complexity index is 1610. The van der Waals surface area contributed by atoms with Crippen LogP contribution in [0.4, 0.5) is 20.5 Å². The quantitative estimate of drug-likeness (QED) is 0.219. The summed E-state index contributed by atoms with van der Waals surface area (Å²) in [6.07, 6.45) is 3.09. The fraction of sp³-hybridized carbons (Fsp3) is 0.379. The number of amides is 1. The summed E-state index contributed by atoms with van der Waals surface area (Å²) in [6, 6.07) is 6.89. The predicted octanol–water partition coefficient (Wildman–Crippen LogP) is 5.43. The standard InChI is InChI=1S/C29H30F2N4O6S/c1-3-40-16-29(27-32-15-19(42-27)7-10-24(37)38)11-4-12-35(29)23(36)13-17-5-8-20-26(25(17)31)41-28(33-20)34-21-14-18(30)6-9-22(21)39-2/h5-6,8-9,14-15H,3-4,7,10-13,16H2,1-2H3,(H,33,34)(H,37,38)/t29-/m0/s1. The Kier molecular flexibility index (Phi) is 8.69. The average molecular weight is 601 g/mol. The normalized spacial score (nSPS) is 16.7. The van der Waals surface area contributed by atoms with Crippen molar-refractivity contribution in [2.75, 3.05) is 32.2 Å². The zero-order valence-electron chi connectivity index (χ0n) is 23.1. The van der Waals surface area contributed by atoms with E-state index in [1.807, 2.05) is 6.92 Å². The van der Waals surface area contributed by atoms with Gasteiger partial charge in [0.1, 0.15) is 27.6 Å². The second-order valence-corrected chi connectivity index (χ2v) is 11.0. The number of anilines is 2. The molecule has 13 heteroatoms. The molecule has 2 N–H and O–H groups in total. The van der Waals surface area contributed by atoms with Gasteiger partial charge in [0.05, 0.1) is 32.2 Å². The summed E-state index contributed by atoms with van der Waals surface area (Å²) >= 11 is 1.38. The van der Waals surface area contributed by atoms with Crippen molar-refractivity contribution in [1.82, 2.24) is 14.9 Å². The van der Waals surface area contributed by atoms with Crippen LogP contribution in [-0.4, -0.2) is 58.7 Å². The number of hydrogen-bond acceptors (Lipinski definition) is 9. The maximum absolute atomic E-state index is 15.6. The Balaban J connectivity index is 1.39. The monoisotopic (exact) mass is 600 g/mol. The van der Waals surface area contributed by atoms with Crippen LogP contribution in [0.25, 0.3) is 11.1 Å². The van der Waals surface area contributed by atoms with E-state index in [2.05, 4.69) is 15.3 Å². The lowest BCUT2D eigenvalue weighted by Gasteiger charge is -2.37. The third-order valence-corrected chi connectivity index (χ3v) is 8.44. The first-order valence-corrected chi connectivity index (χ1v) is 14.3. The van der Waals surface area contributed by atoms with Crippen molar-refractivity contribution in [3.8, 4) is 5.75 Å². The van der Waals surface area contributed by atoms with Crippen LogP contribution in [0, 0.1) is 11.6 Å². The van der Waals surface area contributed by atoms with Crippen molar-refractivity contribution in [3.05, 3.63) is 63.6 Å². The molecule has 222 valence electrons. The number of carboxylic acid groups (broad SMARTS) is 1. The smallest absolute Gasteiger partial charge is 0.303 e. The van der Waals surface area contributed by atoms with Gasteiger partial charge in [-0.25, -0.2) is 13.8 Å². The van der Waals surface area contributed by atoms with Crippen molar-refractivity contribution >= 4 is 46.0 Å². The molecule has 1 amide bonds. The van der Waals surface area contributed by atoms with Crippen LogP contribution in [0.2, 0.25) is 0 Å². The molecule has 0 spiro atoms. The van der Waals surface area contributed by atoms with Crippen LogP contribution in [-0.2, 0) is 32.7 Å². The van der Waals surface area contributed by atoms with Crippen molar-refractivity contribution in [3.63, 3.8) is 0 Å². The SMILES string of the molecule is CCOC[C@]1(c2ncc(CCC(=O)O)s2)CCCN1C(=O)Cc1ccc2nc(Nc3cc(F)ccc3OC)oc2c1F. The van der Waals surface area contributed by atoms with Gasteiger partial charge in [-0.3, -0.25) is 9.59 Å². The van der Waals surface area contributed by atoms with Crippen molar-refractivity contribution in [2.45, 2.75) is 44.6 Å². The van der Waals surface area contributed by atoms with E-state index in [4.69, 9.17) is 19.0 Å². The zero-order chi connectivity index (χ0) is 29.9. The van der Waals surface area contributed by atoms with E-state index in [0.29, 0.717) is 43.2 Å². The molecule has 1 aliphatic heterocycles. The number of likely N-dealkylation sites (tertiary alicyclic amines) is 1. The maximum Gasteiger partial charge on any atom is 0.303 e. The number of benzene rings is 2. The number of carboxylic acids is 1. The summed E-state index contributed by atoms with van der Waals surface area (Å²) in [5.74, 6) is -2.06. The van der Waals surface area contributed by atoms with Crippen molar-refractivity contribution in [2.24, 2.45) is 0 Å². The van der Waals surface area contributed by atoms with E-state index in [1.54, 1.807) is 17.2 Å². The van der Waals surface area contributed by atoms with Gasteiger partial charge in [0.15, 0.2) is 11.4 Å². The Morgan fingerprint density at radius 1 is 1.26 bits per heavy atom. The molecule has 1 saturated heterocycles. The van der Waals surface area contributed by atoms with Crippen LogP contribution in [0.1, 0.15) is 41.6 Å². The van der Waals surface area contributed by atoms with Gasteiger partial charge in [0, 0.05) is 35.9 Å². The zero-order valence-corrected chi connectivity index (χ0v) is 23.9. The summed E-state index contributed by atoms with van der Waals surface area (Å²) in [7, 11) is 1.43. The fourth-order valence-corrected chi connectivity index (χ4v) is 6.28. The van der Waals surface area contributed by atoms with Gasteiger partial charge in [0.2, 0.25) is 5.91 Å². The molecule has 3 heterocycles. The number of carbonyl (C=O) groups is 2. The van der Waals surface area contributed by atoms with Gasteiger partial charge in [0.25, 0.3) is 6.01 Å². The molecule has 0 aliphatic carbocycles. The molecule has 5 rings (SSSR count). The third kappa shape index (κ3) is 5.93. The van der Waals surface area contributed by atoms with E-state index in [0.717, 1.165) is 4.88 Å². The highest BCUT2D eigenvalue weighted by molar-refractivity contribution is 7.11. The number of ether oxygens (including phenoxy) is 2. The van der Waals surface area contributed by atoms with Crippen molar-refractivity contribution in [1.29, 1.82) is 0 Å². The number of rotatable bonds is 12. The van der Waals surface area contributed by atoms with E-state index in [-0.39, 0.29) is 53.7 Å². The Hall–Kier alpha value is -4.10. The molecule has 2 aromatic carbocycles. The molecular weight excluding hydrogens is 570 g/mol. The highest BCUT2D eigenvalue weighted by Gasteiger charge is 2.47. The molecular formula is C29H30F2N4O6S. The average Bonchev–Trinajstić information content (AvgIpc) is 3.71. The van der Waals surface area contributed by atoms with Crippen LogP contribution in [0.15, 0.2) is 40.9 Å². The minimum Gasteiger partial charge on any atom is -0.495 e. The highest BCUT2D eigenvalue weighted by Crippen LogP contribution is 2.42. The lowest BCUT2D eigenvalue weighted by Crippen LogP contribution is -2.48. The lowest BCUT2D eigenvalue weighted by molar-refractivity contribution is -0.138. The minimum atomic E-state index is -0.894. The van der Waals surface area contributed by atoms with Gasteiger partial charge >= 0.3 is 5.97 Å². The second kappa shape index (κ2) is 12.4. The summed E-state index contributed by atoms with van der Waals surface area (Å²) in [6.45, 7) is 2.98. The first-order chi connectivity index (χ1) is 20.2. The Labute approximate surface area is 244 Å². The number of methoxy groups -OCH3 is 1. The van der Waals surface area contributed by atoms with Crippen LogP contribution in [0.5, 0.6) is 5.75 Å². The predicted molar refractivity (Wildman–Crippen MR) is 151 cm³/mol. The number of nitrogens with zero attached hydrogens (tertiary/aromatic N) is 3. The third-order valence-electron chi connectivity index (χ3n) is 7.19. The van der Waals surface area contributed by atoms with Gasteiger partial charge in [-0.05, 0) is 44.4 Å². The summed E-state index contributed by atoms with van der Waals surface area (Å²) < 4.78 is 46.1. The summed E-state index contributed by atoms with van der Waals surface area (Å²) in [5, 5.41) is 12.5. The number of fused-ring (bicyclic) bond motifs is 1. The van der Waals surface area contributed by atoms with Crippen LogP contribution >= 0.6 is 11.3 Å². The van der Waals surface area contributed by atoms with Gasteiger partial charge in [-0.2, -0.15) is 4.98 Å². The number of aliphatic carboxylic acids is 1. The summed E-state index contributed by atoms with van der Waals surface area (Å²) in [5.41, 5.74) is -0.342. The molecule has 1 aliphatic rings. The van der Waals surface area contributed by atoms with Gasteiger partial charge in [-0.1, -0.05) is 6.07 Å². The number of aryl methyl sites for hydroxylation is 1. The number of oxazole rings is 1. The molecule has 0 saturated carbocycles. The second-order valence-electron chi connectivity index (χ2n) is 9.90. The number of thiazole rings is 1. The highest BCUT2D eigenvalue weighted by atomic mass is 32.1. The van der Waals surface area contributed by atoms with Gasteiger partial charge in [-0.15, -0.1) is 11.3 Å². The number of nitrogens with one attached hydrogen (secondary N) is 1. The molecule has 4 aromatic rings. The molecule has 0 bridgehead atoms. The first-order valence-electron chi connectivity index (χ1n) is 13.5. The Morgan fingerprint density at radius 3 is 2.86 bits per heavy atom. The largest absolute Gasteiger partial charge is 0.495 e. The molecule has 1 atom stereocenters. The molecule has 2 aromatic heterocycles. The Morgan fingerprint density at radius 2 is 2.10 bits per heavy atom. The maximum atomic E-state index is 15.6. The molecule has 0 unspecified atom stereocenters. The molecule has 42 heavy (non-hydrogen) atoms. The molecule has 1 fully saturated rings. The minimum absolute atomic E-state index is 0.0147. The van der Waals surface area contributed by atoms with E-state index in [9.17, 15) is 14.0 Å². The number of carbonyl (C=O) groups excluding carboxylic acids is 1. The molecule has 10 nitrogen and oxygen atoms in total. The van der Waals surface area contributed by atoms with E-state index < -0.39 is 23.1 Å². The van der Waals surface area contributed by atoms with Crippen LogP contribution < -0.4 is 10.1 Å². The topological polar surface area (TPSA) is 127 Å². The van der Waals surface area contributed by atoms with Crippen molar-refractivity contribution < 1.29 is 37.4 Å².